The van der Waals surface area contributed by atoms with E-state index in [0.717, 1.165) is 26.2 Å². The molecule has 1 aliphatic heterocycles. The van der Waals surface area contributed by atoms with E-state index >= 15 is 0 Å². The number of hydrogen-bond donors (Lipinski definition) is 3. The second-order valence-corrected chi connectivity index (χ2v) is 8.62. The average molecular weight is 370 g/mol. The number of nitrogens with zero attached hydrogens (tertiary/aromatic N) is 1. The van der Waals surface area contributed by atoms with Crippen molar-refractivity contribution < 1.29 is 26.7 Å². The number of halogens is 1. The predicted molar refractivity (Wildman–Crippen MR) is 77.7 cm³/mol. The molecule has 1 atom stereocenters. The molecule has 1 unspecified atom stereocenters. The van der Waals surface area contributed by atoms with E-state index in [0.29, 0.717) is 4.31 Å². The van der Waals surface area contributed by atoms with E-state index in [1.54, 1.807) is 0 Å². The van der Waals surface area contributed by atoms with Crippen LogP contribution in [0, 0.1) is 0 Å². The molecule has 0 aromatic heterocycles. The molecule has 0 spiro atoms. The summed E-state index contributed by atoms with van der Waals surface area (Å²) in [4.78, 5) is 10.3. The highest BCUT2D eigenvalue weighted by molar-refractivity contribution is 7.90. The summed E-state index contributed by atoms with van der Waals surface area (Å²) in [5, 5.41) is 11.3. The van der Waals surface area contributed by atoms with Crippen LogP contribution in [0.5, 0.6) is 0 Å². The number of benzene rings is 1. The summed E-state index contributed by atoms with van der Waals surface area (Å²) in [6.07, 6.45) is -1.51. The highest BCUT2D eigenvalue weighted by Crippen LogP contribution is 2.36. The lowest BCUT2D eigenvalue weighted by Crippen LogP contribution is -2.50. The van der Waals surface area contributed by atoms with Gasteiger partial charge in [0, 0.05) is 7.05 Å². The van der Waals surface area contributed by atoms with Crippen LogP contribution in [0.3, 0.4) is 0 Å². The first-order valence-electron chi connectivity index (χ1n) is 5.77. The van der Waals surface area contributed by atoms with Crippen molar-refractivity contribution in [3.05, 3.63) is 17.2 Å². The van der Waals surface area contributed by atoms with E-state index < -0.39 is 37.1 Å². The first-order valence-corrected chi connectivity index (χ1v) is 9.07. The van der Waals surface area contributed by atoms with Crippen LogP contribution in [0.2, 0.25) is 5.02 Å². The number of rotatable bonds is 3. The van der Waals surface area contributed by atoms with Crippen LogP contribution in [-0.2, 0) is 24.8 Å². The summed E-state index contributed by atoms with van der Waals surface area (Å²) in [5.41, 5.74) is -0.0782. The number of anilines is 1. The van der Waals surface area contributed by atoms with Gasteiger partial charge in [-0.3, -0.25) is 0 Å². The van der Waals surface area contributed by atoms with Gasteiger partial charge in [-0.2, -0.15) is 4.31 Å². The Morgan fingerprint density at radius 2 is 2.05 bits per heavy atom. The van der Waals surface area contributed by atoms with E-state index in [-0.39, 0.29) is 15.6 Å². The largest absolute Gasteiger partial charge is 0.479 e. The molecule has 0 aliphatic carbocycles. The van der Waals surface area contributed by atoms with E-state index in [9.17, 15) is 21.6 Å². The van der Waals surface area contributed by atoms with Crippen LogP contribution in [0.25, 0.3) is 0 Å². The Kier molecular flexibility index (Phi) is 4.13. The van der Waals surface area contributed by atoms with Crippen LogP contribution < -0.4 is 10.0 Å². The van der Waals surface area contributed by atoms with Gasteiger partial charge in [-0.25, -0.2) is 26.4 Å². The van der Waals surface area contributed by atoms with Gasteiger partial charge in [0.05, 0.1) is 10.7 Å². The number of likely N-dealkylation sites (N-methyl/N-ethyl adjacent to an activating group) is 1. The van der Waals surface area contributed by atoms with Gasteiger partial charge in [-0.1, -0.05) is 11.6 Å². The highest BCUT2D eigenvalue weighted by Gasteiger charge is 2.40. The van der Waals surface area contributed by atoms with E-state index in [1.165, 1.54) is 0 Å². The van der Waals surface area contributed by atoms with Crippen LogP contribution >= 0.6 is 11.6 Å². The Balaban J connectivity index is 2.75. The van der Waals surface area contributed by atoms with Gasteiger partial charge < -0.3 is 10.4 Å². The summed E-state index contributed by atoms with van der Waals surface area (Å²) in [6, 6.07) is 1.96. The summed E-state index contributed by atoms with van der Waals surface area (Å²) in [7, 11) is -5.92. The third kappa shape index (κ3) is 2.54. The average Bonchev–Trinajstić information content (AvgIpc) is 2.41. The minimum atomic E-state index is -4.18. The minimum absolute atomic E-state index is 0.0782. The molecule has 0 amide bonds. The lowest BCUT2D eigenvalue weighted by atomic mass is 10.3. The standard InChI is InChI=1S/C10H12ClN3O6S2/c1-12-21(17,18)7-4-8-6(3-5(7)11)13-9(10(15)16)14(2)22(8,19)20/h3-4,9,12-13H,1-2H3,(H,15,16). The van der Waals surface area contributed by atoms with Crippen LogP contribution in [0.1, 0.15) is 0 Å². The lowest BCUT2D eigenvalue weighted by Gasteiger charge is -2.32. The third-order valence-electron chi connectivity index (χ3n) is 3.14. The summed E-state index contributed by atoms with van der Waals surface area (Å²) >= 11 is 5.87. The molecule has 22 heavy (non-hydrogen) atoms. The van der Waals surface area contributed by atoms with Crippen molar-refractivity contribution in [1.29, 1.82) is 0 Å². The summed E-state index contributed by atoms with van der Waals surface area (Å²) in [5.74, 6) is -1.40. The Labute approximate surface area is 132 Å². The Morgan fingerprint density at radius 3 is 2.55 bits per heavy atom. The molecule has 122 valence electrons. The van der Waals surface area contributed by atoms with Crippen LogP contribution in [0.4, 0.5) is 5.69 Å². The van der Waals surface area contributed by atoms with E-state index in [2.05, 4.69) is 5.32 Å². The van der Waals surface area contributed by atoms with Gasteiger partial charge in [0.2, 0.25) is 20.0 Å². The number of hydrogen-bond acceptors (Lipinski definition) is 6. The molecular weight excluding hydrogens is 358 g/mol. The van der Waals surface area contributed by atoms with Gasteiger partial charge in [-0.05, 0) is 19.2 Å². The Bertz CT molecular complexity index is 852. The van der Waals surface area contributed by atoms with Crippen molar-refractivity contribution in [1.82, 2.24) is 9.03 Å². The fourth-order valence-electron chi connectivity index (χ4n) is 1.93. The van der Waals surface area contributed by atoms with Gasteiger partial charge in [-0.15, -0.1) is 0 Å². The molecule has 1 aromatic rings. The topological polar surface area (TPSA) is 133 Å². The second-order valence-electron chi connectivity index (χ2n) is 4.39. The number of carbonyl (C=O) groups is 1. The maximum atomic E-state index is 12.4. The number of nitrogens with one attached hydrogen (secondary N) is 2. The molecule has 1 aromatic carbocycles. The first kappa shape index (κ1) is 17.0. The molecule has 0 saturated heterocycles. The third-order valence-corrected chi connectivity index (χ3v) is 6.88. The SMILES string of the molecule is CNS(=O)(=O)c1cc2c(cc1Cl)NC(C(=O)O)N(C)S2(=O)=O. The fraction of sp³-hybridized carbons (Fsp3) is 0.300. The summed E-state index contributed by atoms with van der Waals surface area (Å²) in [6.45, 7) is 0. The Morgan fingerprint density at radius 1 is 1.45 bits per heavy atom. The monoisotopic (exact) mass is 369 g/mol. The van der Waals surface area contributed by atoms with Gasteiger partial charge in [0.25, 0.3) is 0 Å². The van der Waals surface area contributed by atoms with E-state index in [1.807, 2.05) is 4.72 Å². The zero-order valence-corrected chi connectivity index (χ0v) is 13.8. The molecule has 9 nitrogen and oxygen atoms in total. The highest BCUT2D eigenvalue weighted by atomic mass is 35.5. The number of aliphatic carboxylic acids is 1. The molecule has 0 fully saturated rings. The van der Waals surface area contributed by atoms with Crippen molar-refractivity contribution >= 4 is 43.3 Å². The first-order chi connectivity index (χ1) is 10.0. The molecule has 2 rings (SSSR count). The number of fused-ring (bicyclic) bond motifs is 1. The van der Waals surface area contributed by atoms with Gasteiger partial charge >= 0.3 is 5.97 Å². The fourth-order valence-corrected chi connectivity index (χ4v) is 4.67. The maximum absolute atomic E-state index is 12.4. The molecule has 12 heteroatoms. The zero-order chi connectivity index (χ0) is 16.9. The van der Waals surface area contributed by atoms with Crippen molar-refractivity contribution in [3.8, 4) is 0 Å². The molecule has 0 bridgehead atoms. The van der Waals surface area contributed by atoms with Gasteiger partial charge in [0.15, 0.2) is 6.17 Å². The lowest BCUT2D eigenvalue weighted by molar-refractivity contribution is -0.140. The molecule has 0 saturated carbocycles. The number of sulfonamides is 2. The van der Waals surface area contributed by atoms with Crippen LogP contribution in [0.15, 0.2) is 21.9 Å². The maximum Gasteiger partial charge on any atom is 0.342 e. The molecule has 3 N–H and O–H groups in total. The smallest absolute Gasteiger partial charge is 0.342 e. The van der Waals surface area contributed by atoms with Crippen molar-refractivity contribution in [2.24, 2.45) is 0 Å². The number of carboxylic acids is 1. The molecule has 1 aliphatic rings. The normalized spacial score (nSPS) is 21.0. The summed E-state index contributed by atoms with van der Waals surface area (Å²) < 4.78 is 51.1. The van der Waals surface area contributed by atoms with Crippen molar-refractivity contribution in [2.45, 2.75) is 16.0 Å². The minimum Gasteiger partial charge on any atom is -0.479 e. The number of carboxylic acid groups (broad SMARTS) is 1. The molecular formula is C10H12ClN3O6S2. The van der Waals surface area contributed by atoms with E-state index in [4.69, 9.17) is 16.7 Å². The van der Waals surface area contributed by atoms with Crippen molar-refractivity contribution in [3.63, 3.8) is 0 Å². The second kappa shape index (κ2) is 5.35. The molecule has 0 radical (unpaired) electrons. The quantitative estimate of drug-likeness (QED) is 0.666. The molecule has 1 heterocycles. The Hall–Kier alpha value is -1.40. The van der Waals surface area contributed by atoms with Crippen LogP contribution in [-0.4, -0.2) is 52.5 Å². The zero-order valence-electron chi connectivity index (χ0n) is 11.4. The van der Waals surface area contributed by atoms with Crippen molar-refractivity contribution in [2.75, 3.05) is 19.4 Å². The van der Waals surface area contributed by atoms with Gasteiger partial charge in [0.1, 0.15) is 9.79 Å². The predicted octanol–water partition coefficient (Wildman–Crippen LogP) is -0.295.